The van der Waals surface area contributed by atoms with Crippen molar-refractivity contribution in [2.75, 3.05) is 27.3 Å². The summed E-state index contributed by atoms with van der Waals surface area (Å²) >= 11 is 0. The molecule has 1 rings (SSSR count). The molecular weight excluding hydrogens is 230 g/mol. The Balaban J connectivity index is 2.51. The maximum absolute atomic E-state index is 11.6. The zero-order valence-corrected chi connectivity index (χ0v) is 10.9. The van der Waals surface area contributed by atoms with E-state index in [0.29, 0.717) is 6.61 Å². The van der Waals surface area contributed by atoms with E-state index < -0.39 is 0 Å². The number of benzene rings is 1. The average Bonchev–Trinajstić information content (AvgIpc) is 2.42. The van der Waals surface area contributed by atoms with Crippen molar-refractivity contribution in [2.24, 2.45) is 5.84 Å². The van der Waals surface area contributed by atoms with Crippen molar-refractivity contribution in [2.45, 2.75) is 12.5 Å². The maximum atomic E-state index is 11.6. The fraction of sp³-hybridized carbons (Fsp3) is 0.462. The second-order valence-electron chi connectivity index (χ2n) is 4.20. The molecule has 0 fully saturated rings. The Morgan fingerprint density at radius 1 is 1.44 bits per heavy atom. The molecule has 3 N–H and O–H groups in total. The van der Waals surface area contributed by atoms with Gasteiger partial charge in [-0.3, -0.25) is 15.1 Å². The molecule has 1 aromatic carbocycles. The third-order valence-electron chi connectivity index (χ3n) is 2.90. The van der Waals surface area contributed by atoms with Gasteiger partial charge in [0, 0.05) is 13.7 Å². The molecule has 100 valence electrons. The maximum Gasteiger partial charge on any atom is 0.253 e. The number of hydrogen-bond acceptors (Lipinski definition) is 4. The molecule has 0 aliphatic heterocycles. The molecule has 0 heterocycles. The van der Waals surface area contributed by atoms with Gasteiger partial charge in [0.15, 0.2) is 0 Å². The molecule has 0 aliphatic carbocycles. The van der Waals surface area contributed by atoms with Crippen LogP contribution in [0.15, 0.2) is 30.3 Å². The average molecular weight is 251 g/mol. The molecule has 0 saturated heterocycles. The topological polar surface area (TPSA) is 67.6 Å². The van der Waals surface area contributed by atoms with Gasteiger partial charge in [0.1, 0.15) is 6.04 Å². The lowest BCUT2D eigenvalue weighted by Gasteiger charge is -2.25. The van der Waals surface area contributed by atoms with Crippen LogP contribution in [0.5, 0.6) is 0 Å². The number of nitrogens with zero attached hydrogens (tertiary/aromatic N) is 1. The van der Waals surface area contributed by atoms with E-state index in [1.165, 1.54) is 5.56 Å². The van der Waals surface area contributed by atoms with E-state index in [9.17, 15) is 4.79 Å². The van der Waals surface area contributed by atoms with E-state index in [2.05, 4.69) is 17.6 Å². The minimum atomic E-state index is -0.358. The lowest BCUT2D eigenvalue weighted by atomic mass is 10.1. The first-order chi connectivity index (χ1) is 8.69. The first kappa shape index (κ1) is 14.6. The van der Waals surface area contributed by atoms with E-state index in [-0.39, 0.29) is 11.9 Å². The zero-order chi connectivity index (χ0) is 13.4. The Hall–Kier alpha value is -1.43. The lowest BCUT2D eigenvalue weighted by Crippen LogP contribution is -2.50. The third-order valence-corrected chi connectivity index (χ3v) is 2.90. The molecular formula is C13H21N3O2. The van der Waals surface area contributed by atoms with E-state index in [1.807, 2.05) is 30.1 Å². The minimum absolute atomic E-state index is 0.229. The Bertz CT molecular complexity index is 357. The summed E-state index contributed by atoms with van der Waals surface area (Å²) < 4.78 is 5.04. The van der Waals surface area contributed by atoms with Crippen molar-refractivity contribution in [3.05, 3.63) is 35.9 Å². The van der Waals surface area contributed by atoms with Gasteiger partial charge in [-0.05, 0) is 19.0 Å². The number of ether oxygens (including phenoxy) is 1. The summed E-state index contributed by atoms with van der Waals surface area (Å²) in [6.07, 6.45) is 0.884. The number of carbonyl (C=O) groups excluding carboxylic acids is 1. The monoisotopic (exact) mass is 251 g/mol. The van der Waals surface area contributed by atoms with Crippen molar-refractivity contribution in [1.82, 2.24) is 10.3 Å². The van der Waals surface area contributed by atoms with Crippen LogP contribution < -0.4 is 11.3 Å². The van der Waals surface area contributed by atoms with E-state index >= 15 is 0 Å². The third kappa shape index (κ3) is 4.44. The summed E-state index contributed by atoms with van der Waals surface area (Å²) in [5.74, 6) is 4.94. The zero-order valence-electron chi connectivity index (χ0n) is 10.9. The molecule has 0 saturated carbocycles. The van der Waals surface area contributed by atoms with Gasteiger partial charge in [-0.2, -0.15) is 0 Å². The SMILES string of the molecule is COCC(C(=O)NN)N(C)CCc1ccccc1. The lowest BCUT2D eigenvalue weighted by molar-refractivity contribution is -0.127. The predicted molar refractivity (Wildman–Crippen MR) is 70.8 cm³/mol. The van der Waals surface area contributed by atoms with Gasteiger partial charge >= 0.3 is 0 Å². The van der Waals surface area contributed by atoms with E-state index in [4.69, 9.17) is 10.6 Å². The molecule has 0 spiro atoms. The molecule has 0 aromatic heterocycles. The summed E-state index contributed by atoms with van der Waals surface area (Å²) in [5.41, 5.74) is 3.41. The largest absolute Gasteiger partial charge is 0.383 e. The van der Waals surface area contributed by atoms with E-state index in [0.717, 1.165) is 13.0 Å². The number of hydrazine groups is 1. The highest BCUT2D eigenvalue weighted by Gasteiger charge is 2.21. The molecule has 5 heteroatoms. The highest BCUT2D eigenvalue weighted by Crippen LogP contribution is 2.03. The molecule has 1 amide bonds. The number of carbonyl (C=O) groups is 1. The number of nitrogens with one attached hydrogen (secondary N) is 1. The summed E-state index contributed by atoms with van der Waals surface area (Å²) in [6.45, 7) is 1.10. The van der Waals surface area contributed by atoms with Crippen molar-refractivity contribution in [3.8, 4) is 0 Å². The molecule has 0 bridgehead atoms. The van der Waals surface area contributed by atoms with Crippen LogP contribution in [-0.2, 0) is 16.0 Å². The molecule has 0 radical (unpaired) electrons. The van der Waals surface area contributed by atoms with Crippen molar-refractivity contribution < 1.29 is 9.53 Å². The minimum Gasteiger partial charge on any atom is -0.383 e. The summed E-state index contributed by atoms with van der Waals surface area (Å²) in [7, 11) is 3.46. The smallest absolute Gasteiger partial charge is 0.253 e. The fourth-order valence-electron chi connectivity index (χ4n) is 1.76. The van der Waals surface area contributed by atoms with Crippen molar-refractivity contribution in [1.29, 1.82) is 0 Å². The Kier molecular flexibility index (Phi) is 6.35. The van der Waals surface area contributed by atoms with Gasteiger partial charge in [0.05, 0.1) is 6.61 Å². The molecule has 5 nitrogen and oxygen atoms in total. The quantitative estimate of drug-likeness (QED) is 0.412. The predicted octanol–water partition coefficient (Wildman–Crippen LogP) is 0.166. The summed E-state index contributed by atoms with van der Waals surface area (Å²) in [4.78, 5) is 13.5. The van der Waals surface area contributed by atoms with Gasteiger partial charge in [0.2, 0.25) is 0 Å². The number of methoxy groups -OCH3 is 1. The van der Waals surface area contributed by atoms with Crippen LogP contribution in [-0.4, -0.2) is 44.2 Å². The van der Waals surface area contributed by atoms with Gasteiger partial charge in [-0.1, -0.05) is 30.3 Å². The fourth-order valence-corrected chi connectivity index (χ4v) is 1.76. The van der Waals surface area contributed by atoms with Crippen LogP contribution >= 0.6 is 0 Å². The van der Waals surface area contributed by atoms with Crippen LogP contribution in [0.3, 0.4) is 0 Å². The summed E-state index contributed by atoms with van der Waals surface area (Å²) in [5, 5.41) is 0. The Morgan fingerprint density at radius 3 is 2.67 bits per heavy atom. The molecule has 1 atom stereocenters. The first-order valence-electron chi connectivity index (χ1n) is 5.92. The standard InChI is InChI=1S/C13H21N3O2/c1-16(12(10-18-2)13(17)15-14)9-8-11-6-4-3-5-7-11/h3-7,12H,8-10,14H2,1-2H3,(H,15,17). The second-order valence-corrected chi connectivity index (χ2v) is 4.20. The Labute approximate surface area is 108 Å². The van der Waals surface area contributed by atoms with Gasteiger partial charge in [0.25, 0.3) is 5.91 Å². The normalized spacial score (nSPS) is 12.4. The van der Waals surface area contributed by atoms with Crippen molar-refractivity contribution >= 4 is 5.91 Å². The number of nitrogens with two attached hydrogens (primary N) is 1. The first-order valence-corrected chi connectivity index (χ1v) is 5.92. The summed E-state index contributed by atoms with van der Waals surface area (Å²) in [6, 6.07) is 9.79. The number of rotatable bonds is 7. The number of amides is 1. The highest BCUT2D eigenvalue weighted by molar-refractivity contribution is 5.81. The van der Waals surface area contributed by atoms with Gasteiger partial charge in [-0.25, -0.2) is 5.84 Å². The number of likely N-dealkylation sites (N-methyl/N-ethyl adjacent to an activating group) is 1. The van der Waals surface area contributed by atoms with Crippen LogP contribution in [0, 0.1) is 0 Å². The van der Waals surface area contributed by atoms with Crippen LogP contribution in [0.4, 0.5) is 0 Å². The van der Waals surface area contributed by atoms with Crippen molar-refractivity contribution in [3.63, 3.8) is 0 Å². The molecule has 1 aromatic rings. The van der Waals surface area contributed by atoms with Gasteiger partial charge < -0.3 is 4.74 Å². The highest BCUT2D eigenvalue weighted by atomic mass is 16.5. The van der Waals surface area contributed by atoms with Crippen LogP contribution in [0.1, 0.15) is 5.56 Å². The molecule has 0 aliphatic rings. The second kappa shape index (κ2) is 7.81. The molecule has 18 heavy (non-hydrogen) atoms. The van der Waals surface area contributed by atoms with Crippen LogP contribution in [0.25, 0.3) is 0 Å². The van der Waals surface area contributed by atoms with Crippen LogP contribution in [0.2, 0.25) is 0 Å². The number of hydrogen-bond donors (Lipinski definition) is 2. The van der Waals surface area contributed by atoms with E-state index in [1.54, 1.807) is 7.11 Å². The van der Waals surface area contributed by atoms with Gasteiger partial charge in [-0.15, -0.1) is 0 Å². The molecule has 1 unspecified atom stereocenters. The Morgan fingerprint density at radius 2 is 2.11 bits per heavy atom.